The maximum absolute atomic E-state index is 11.9. The van der Waals surface area contributed by atoms with Gasteiger partial charge in [-0.2, -0.15) is 0 Å². The number of amides is 2. The van der Waals surface area contributed by atoms with E-state index in [4.69, 9.17) is 5.11 Å². The summed E-state index contributed by atoms with van der Waals surface area (Å²) in [4.78, 5) is 22.6. The summed E-state index contributed by atoms with van der Waals surface area (Å²) < 4.78 is 1.71. The van der Waals surface area contributed by atoms with Gasteiger partial charge >= 0.3 is 12.0 Å². The van der Waals surface area contributed by atoms with Crippen LogP contribution >= 0.6 is 0 Å². The topological polar surface area (TPSA) is 109 Å². The van der Waals surface area contributed by atoms with Crippen LogP contribution in [0.25, 0.3) is 0 Å². The van der Waals surface area contributed by atoms with Crippen molar-refractivity contribution in [3.63, 3.8) is 0 Å². The molecule has 0 spiro atoms. The number of rotatable bonds is 6. The summed E-state index contributed by atoms with van der Waals surface area (Å²) >= 11 is 0. The number of aryl methyl sites for hydroxylation is 1. The second-order valence-electron chi connectivity index (χ2n) is 5.09. The van der Waals surface area contributed by atoms with Crippen LogP contribution in [0.2, 0.25) is 0 Å². The van der Waals surface area contributed by atoms with E-state index in [0.717, 1.165) is 0 Å². The van der Waals surface area contributed by atoms with E-state index in [1.165, 1.54) is 0 Å². The molecule has 2 amide bonds. The molecule has 0 bridgehead atoms. The van der Waals surface area contributed by atoms with Crippen molar-refractivity contribution < 1.29 is 14.7 Å². The Balaban J connectivity index is 2.57. The van der Waals surface area contributed by atoms with E-state index in [1.807, 2.05) is 13.8 Å². The number of aliphatic carboxylic acids is 1. The molecule has 1 aromatic rings. The Morgan fingerprint density at radius 3 is 2.45 bits per heavy atom. The van der Waals surface area contributed by atoms with Crippen molar-refractivity contribution in [3.8, 4) is 0 Å². The van der Waals surface area contributed by atoms with Crippen molar-refractivity contribution in [2.75, 3.05) is 0 Å². The molecule has 8 nitrogen and oxygen atoms in total. The third-order valence-corrected chi connectivity index (χ3v) is 3.00. The molecule has 1 aromatic heterocycles. The molecule has 2 atom stereocenters. The van der Waals surface area contributed by atoms with Gasteiger partial charge in [0, 0.05) is 13.1 Å². The van der Waals surface area contributed by atoms with Crippen LogP contribution in [0.4, 0.5) is 4.79 Å². The summed E-state index contributed by atoms with van der Waals surface area (Å²) in [5.41, 5.74) is 0. The second kappa shape index (κ2) is 6.88. The number of aromatic nitrogens is 3. The Bertz CT molecular complexity index is 471. The summed E-state index contributed by atoms with van der Waals surface area (Å²) in [5, 5.41) is 21.9. The Hall–Kier alpha value is -2.12. The zero-order valence-corrected chi connectivity index (χ0v) is 12.1. The van der Waals surface area contributed by atoms with E-state index in [-0.39, 0.29) is 18.4 Å². The standard InChI is InChI=1S/C12H21N5O3/c1-7(2)9(5-10(18)19)15-12(20)14-8(3)11-16-13-6-17(11)4/h6-9H,5H2,1-4H3,(H,18,19)(H2,14,15,20). The van der Waals surface area contributed by atoms with Crippen LogP contribution < -0.4 is 10.6 Å². The van der Waals surface area contributed by atoms with Gasteiger partial charge in [0.25, 0.3) is 0 Å². The number of urea groups is 1. The van der Waals surface area contributed by atoms with E-state index in [0.29, 0.717) is 5.82 Å². The summed E-state index contributed by atoms with van der Waals surface area (Å²) in [6.45, 7) is 5.51. The Kier molecular flexibility index (Phi) is 5.48. The van der Waals surface area contributed by atoms with Gasteiger partial charge in [0.2, 0.25) is 0 Å². The van der Waals surface area contributed by atoms with Crippen LogP contribution in [0, 0.1) is 5.92 Å². The fraction of sp³-hybridized carbons (Fsp3) is 0.667. The molecule has 1 heterocycles. The van der Waals surface area contributed by atoms with Crippen molar-refractivity contribution in [2.45, 2.75) is 39.3 Å². The first-order chi connectivity index (χ1) is 9.31. The van der Waals surface area contributed by atoms with Crippen molar-refractivity contribution in [2.24, 2.45) is 13.0 Å². The smallest absolute Gasteiger partial charge is 0.315 e. The monoisotopic (exact) mass is 283 g/mol. The molecule has 0 aromatic carbocycles. The van der Waals surface area contributed by atoms with Gasteiger partial charge in [-0.25, -0.2) is 4.79 Å². The summed E-state index contributed by atoms with van der Waals surface area (Å²) in [6.07, 6.45) is 1.44. The minimum Gasteiger partial charge on any atom is -0.481 e. The summed E-state index contributed by atoms with van der Waals surface area (Å²) in [5.74, 6) is -0.285. The Labute approximate surface area is 117 Å². The molecule has 0 saturated heterocycles. The van der Waals surface area contributed by atoms with Crippen molar-refractivity contribution in [3.05, 3.63) is 12.2 Å². The van der Waals surface area contributed by atoms with E-state index in [1.54, 1.807) is 24.9 Å². The van der Waals surface area contributed by atoms with Crippen molar-refractivity contribution in [1.29, 1.82) is 0 Å². The Morgan fingerprint density at radius 1 is 1.35 bits per heavy atom. The zero-order chi connectivity index (χ0) is 15.3. The molecular formula is C12H21N5O3. The van der Waals surface area contributed by atoms with E-state index < -0.39 is 18.0 Å². The van der Waals surface area contributed by atoms with Gasteiger partial charge in [-0.15, -0.1) is 10.2 Å². The molecule has 20 heavy (non-hydrogen) atoms. The molecule has 0 radical (unpaired) electrons. The fourth-order valence-electron chi connectivity index (χ4n) is 1.80. The number of carboxylic acid groups (broad SMARTS) is 1. The summed E-state index contributed by atoms with van der Waals surface area (Å²) in [6, 6.07) is -1.15. The third-order valence-electron chi connectivity index (χ3n) is 3.00. The number of carbonyl (C=O) groups is 2. The minimum atomic E-state index is -0.939. The number of carboxylic acids is 1. The highest BCUT2D eigenvalue weighted by Gasteiger charge is 2.21. The predicted molar refractivity (Wildman–Crippen MR) is 72.0 cm³/mol. The number of hydrogen-bond acceptors (Lipinski definition) is 4. The van der Waals surface area contributed by atoms with Gasteiger partial charge in [-0.05, 0) is 12.8 Å². The first-order valence-corrected chi connectivity index (χ1v) is 6.44. The number of hydrogen-bond donors (Lipinski definition) is 3. The highest BCUT2D eigenvalue weighted by molar-refractivity contribution is 5.76. The number of nitrogens with zero attached hydrogens (tertiary/aromatic N) is 3. The first-order valence-electron chi connectivity index (χ1n) is 6.44. The maximum Gasteiger partial charge on any atom is 0.315 e. The molecule has 0 aliphatic rings. The molecule has 0 saturated carbocycles. The van der Waals surface area contributed by atoms with Crippen LogP contribution in [0.15, 0.2) is 6.33 Å². The zero-order valence-electron chi connectivity index (χ0n) is 12.1. The van der Waals surface area contributed by atoms with Gasteiger partial charge in [0.05, 0.1) is 12.5 Å². The van der Waals surface area contributed by atoms with Crippen LogP contribution in [0.5, 0.6) is 0 Å². The van der Waals surface area contributed by atoms with Gasteiger partial charge in [0.1, 0.15) is 6.33 Å². The lowest BCUT2D eigenvalue weighted by molar-refractivity contribution is -0.137. The lowest BCUT2D eigenvalue weighted by atomic mass is 10.0. The Morgan fingerprint density at radius 2 is 2.00 bits per heavy atom. The van der Waals surface area contributed by atoms with Crippen molar-refractivity contribution in [1.82, 2.24) is 25.4 Å². The number of carbonyl (C=O) groups excluding carboxylic acids is 1. The van der Waals surface area contributed by atoms with Gasteiger partial charge in [0.15, 0.2) is 5.82 Å². The average molecular weight is 283 g/mol. The van der Waals surface area contributed by atoms with Crippen LogP contribution in [0.3, 0.4) is 0 Å². The molecule has 8 heteroatoms. The maximum atomic E-state index is 11.9. The normalized spacial score (nSPS) is 13.8. The van der Waals surface area contributed by atoms with Gasteiger partial charge in [-0.3, -0.25) is 4.79 Å². The highest BCUT2D eigenvalue weighted by Crippen LogP contribution is 2.09. The average Bonchev–Trinajstić information content (AvgIpc) is 2.73. The van der Waals surface area contributed by atoms with Gasteiger partial charge in [-0.1, -0.05) is 13.8 Å². The quantitative estimate of drug-likeness (QED) is 0.711. The van der Waals surface area contributed by atoms with E-state index >= 15 is 0 Å². The van der Waals surface area contributed by atoms with Crippen LogP contribution in [-0.4, -0.2) is 37.9 Å². The molecule has 3 N–H and O–H groups in total. The van der Waals surface area contributed by atoms with Crippen LogP contribution in [-0.2, 0) is 11.8 Å². The van der Waals surface area contributed by atoms with Crippen molar-refractivity contribution >= 4 is 12.0 Å². The third kappa shape index (κ3) is 4.52. The summed E-state index contributed by atoms with van der Waals surface area (Å²) in [7, 11) is 1.78. The molecular weight excluding hydrogens is 262 g/mol. The van der Waals surface area contributed by atoms with E-state index in [2.05, 4.69) is 20.8 Å². The number of nitrogens with one attached hydrogen (secondary N) is 2. The molecule has 2 unspecified atom stereocenters. The molecule has 0 fully saturated rings. The fourth-order valence-corrected chi connectivity index (χ4v) is 1.80. The molecule has 1 rings (SSSR count). The first kappa shape index (κ1) is 15.9. The van der Waals surface area contributed by atoms with Gasteiger partial charge < -0.3 is 20.3 Å². The minimum absolute atomic E-state index is 0.0296. The molecule has 0 aliphatic carbocycles. The molecule has 112 valence electrons. The van der Waals surface area contributed by atoms with Crippen LogP contribution in [0.1, 0.15) is 39.1 Å². The predicted octanol–water partition coefficient (Wildman–Crippen LogP) is 0.675. The lowest BCUT2D eigenvalue weighted by Gasteiger charge is -2.22. The lowest BCUT2D eigenvalue weighted by Crippen LogP contribution is -2.46. The highest BCUT2D eigenvalue weighted by atomic mass is 16.4. The molecule has 0 aliphatic heterocycles. The largest absolute Gasteiger partial charge is 0.481 e. The van der Waals surface area contributed by atoms with E-state index in [9.17, 15) is 9.59 Å². The second-order valence-corrected chi connectivity index (χ2v) is 5.09. The SMILES string of the molecule is CC(NC(=O)NC(CC(=O)O)C(C)C)c1nncn1C.